The number of aromatic nitrogens is 5. The minimum atomic E-state index is 0.169. The van der Waals surface area contributed by atoms with E-state index in [4.69, 9.17) is 9.47 Å². The van der Waals surface area contributed by atoms with Crippen LogP contribution in [-0.2, 0) is 4.74 Å². The maximum Gasteiger partial charge on any atom is 0.317 e. The molecule has 3 aromatic rings. The first kappa shape index (κ1) is 23.7. The highest BCUT2D eigenvalue weighted by molar-refractivity contribution is 7.18. The molecule has 0 amide bonds. The van der Waals surface area contributed by atoms with Crippen LogP contribution in [-0.4, -0.2) is 68.8 Å². The molecule has 1 spiro atoms. The third-order valence-electron chi connectivity index (χ3n) is 8.04. The standard InChI is InChI=1S/C26H33N7O2S/c1-17-11-18(6-10-33(17)2)19-12-28-23(29-13-19)32-25-30-14-22(36-25)21-5-9-27-24(31-21)35-20-3-7-26(8-4-20)15-34-16-26/h5,9,12-14,17-18,20H,3-4,6-8,10-11,15-16H2,1-2H3,(H,28,29,30,32)/t17-,18-/m1/s1. The summed E-state index contributed by atoms with van der Waals surface area (Å²) in [6.45, 7) is 5.20. The topological polar surface area (TPSA) is 98.2 Å². The van der Waals surface area contributed by atoms with Crippen molar-refractivity contribution in [2.75, 3.05) is 32.1 Å². The Balaban J connectivity index is 1.06. The monoisotopic (exact) mass is 507 g/mol. The lowest BCUT2D eigenvalue weighted by molar-refractivity contribution is -0.140. The third kappa shape index (κ3) is 5.07. The number of anilines is 2. The molecule has 3 fully saturated rings. The number of hydrogen-bond donors (Lipinski definition) is 1. The van der Waals surface area contributed by atoms with Gasteiger partial charge in [-0.1, -0.05) is 11.3 Å². The van der Waals surface area contributed by atoms with Crippen molar-refractivity contribution in [3.05, 3.63) is 36.4 Å². The van der Waals surface area contributed by atoms with Crippen molar-refractivity contribution in [2.45, 2.75) is 63.5 Å². The predicted octanol–water partition coefficient (Wildman–Crippen LogP) is 4.67. The van der Waals surface area contributed by atoms with Crippen LogP contribution in [0.15, 0.2) is 30.9 Å². The average Bonchev–Trinajstić information content (AvgIpc) is 3.35. The van der Waals surface area contributed by atoms with Gasteiger partial charge in [0.1, 0.15) is 6.10 Å². The van der Waals surface area contributed by atoms with E-state index in [9.17, 15) is 0 Å². The Morgan fingerprint density at radius 2 is 1.89 bits per heavy atom. The van der Waals surface area contributed by atoms with Gasteiger partial charge in [0.15, 0.2) is 5.13 Å². The van der Waals surface area contributed by atoms with Crippen LogP contribution in [0.5, 0.6) is 6.01 Å². The number of nitrogens with one attached hydrogen (secondary N) is 1. The highest BCUT2D eigenvalue weighted by Crippen LogP contribution is 2.43. The molecule has 3 aromatic heterocycles. The summed E-state index contributed by atoms with van der Waals surface area (Å²) in [5.41, 5.74) is 2.42. The fourth-order valence-electron chi connectivity index (χ4n) is 5.44. The molecule has 1 aliphatic carbocycles. The number of nitrogens with zero attached hydrogens (tertiary/aromatic N) is 6. The molecule has 0 unspecified atom stereocenters. The van der Waals surface area contributed by atoms with E-state index in [0.29, 0.717) is 29.3 Å². The zero-order valence-corrected chi connectivity index (χ0v) is 21.7. The van der Waals surface area contributed by atoms with Gasteiger partial charge in [0.2, 0.25) is 5.95 Å². The van der Waals surface area contributed by atoms with Gasteiger partial charge >= 0.3 is 6.01 Å². The van der Waals surface area contributed by atoms with Crippen molar-refractivity contribution < 1.29 is 9.47 Å². The molecule has 36 heavy (non-hydrogen) atoms. The quantitative estimate of drug-likeness (QED) is 0.510. The summed E-state index contributed by atoms with van der Waals surface area (Å²) in [4.78, 5) is 26.0. The van der Waals surface area contributed by atoms with Crippen LogP contribution >= 0.6 is 11.3 Å². The molecular formula is C26H33N7O2S. The van der Waals surface area contributed by atoms with Crippen molar-refractivity contribution in [2.24, 2.45) is 5.41 Å². The van der Waals surface area contributed by atoms with Crippen molar-refractivity contribution >= 4 is 22.4 Å². The Kier molecular flexibility index (Phi) is 6.57. The zero-order valence-electron chi connectivity index (χ0n) is 20.9. The Labute approximate surface area is 215 Å². The second-order valence-corrected chi connectivity index (χ2v) is 11.6. The van der Waals surface area contributed by atoms with E-state index in [1.54, 1.807) is 6.20 Å². The van der Waals surface area contributed by atoms with Gasteiger partial charge in [-0.05, 0) is 76.6 Å². The maximum atomic E-state index is 6.14. The molecule has 1 saturated carbocycles. The van der Waals surface area contributed by atoms with E-state index in [1.807, 2.05) is 24.7 Å². The van der Waals surface area contributed by atoms with Gasteiger partial charge in [0.05, 0.1) is 23.8 Å². The molecule has 6 rings (SSSR count). The van der Waals surface area contributed by atoms with Crippen LogP contribution in [0.2, 0.25) is 0 Å². The van der Waals surface area contributed by atoms with Crippen LogP contribution in [0, 0.1) is 5.41 Å². The molecule has 9 nitrogen and oxygen atoms in total. The van der Waals surface area contributed by atoms with Gasteiger partial charge in [0.25, 0.3) is 0 Å². The molecule has 2 aliphatic heterocycles. The first-order chi connectivity index (χ1) is 17.6. The minimum absolute atomic E-state index is 0.169. The number of likely N-dealkylation sites (tertiary alicyclic amines) is 1. The summed E-state index contributed by atoms with van der Waals surface area (Å²) in [6.07, 6.45) is 14.3. The molecule has 0 bridgehead atoms. The van der Waals surface area contributed by atoms with E-state index in [1.165, 1.54) is 16.9 Å². The van der Waals surface area contributed by atoms with Gasteiger partial charge in [-0.3, -0.25) is 0 Å². The normalized spacial score (nSPS) is 24.4. The zero-order chi connectivity index (χ0) is 24.5. The number of ether oxygens (including phenoxy) is 2. The lowest BCUT2D eigenvalue weighted by Crippen LogP contribution is -2.46. The van der Waals surface area contributed by atoms with E-state index in [-0.39, 0.29) is 6.10 Å². The van der Waals surface area contributed by atoms with Gasteiger partial charge in [-0.15, -0.1) is 0 Å². The Morgan fingerprint density at radius 1 is 1.08 bits per heavy atom. The third-order valence-corrected chi connectivity index (χ3v) is 8.98. The highest BCUT2D eigenvalue weighted by atomic mass is 32.1. The second kappa shape index (κ2) is 9.99. The van der Waals surface area contributed by atoms with Crippen molar-refractivity contribution in [1.82, 2.24) is 29.8 Å². The number of hydrogen-bond acceptors (Lipinski definition) is 10. The summed E-state index contributed by atoms with van der Waals surface area (Å²) >= 11 is 1.51. The van der Waals surface area contributed by atoms with Gasteiger partial charge in [-0.25, -0.2) is 19.9 Å². The highest BCUT2D eigenvalue weighted by Gasteiger charge is 2.42. The van der Waals surface area contributed by atoms with Crippen LogP contribution < -0.4 is 10.1 Å². The molecule has 1 N–H and O–H groups in total. The minimum Gasteiger partial charge on any atom is -0.460 e. The molecule has 2 saturated heterocycles. The van der Waals surface area contributed by atoms with E-state index in [2.05, 4.69) is 49.1 Å². The Morgan fingerprint density at radius 3 is 2.61 bits per heavy atom. The largest absolute Gasteiger partial charge is 0.460 e. The van der Waals surface area contributed by atoms with Gasteiger partial charge in [0, 0.05) is 36.2 Å². The summed E-state index contributed by atoms with van der Waals surface area (Å²) in [5.74, 6) is 1.08. The average molecular weight is 508 g/mol. The summed E-state index contributed by atoms with van der Waals surface area (Å²) < 4.78 is 11.6. The molecule has 3 aliphatic rings. The summed E-state index contributed by atoms with van der Waals surface area (Å²) in [5, 5.41) is 3.96. The lowest BCUT2D eigenvalue weighted by Gasteiger charge is -2.45. The van der Waals surface area contributed by atoms with Crippen LogP contribution in [0.4, 0.5) is 11.1 Å². The number of rotatable bonds is 6. The number of thiazole rings is 1. The Hall–Kier alpha value is -2.69. The molecule has 0 aromatic carbocycles. The lowest BCUT2D eigenvalue weighted by atomic mass is 9.72. The predicted molar refractivity (Wildman–Crippen MR) is 139 cm³/mol. The van der Waals surface area contributed by atoms with Gasteiger partial charge in [-0.2, -0.15) is 4.98 Å². The fourth-order valence-corrected chi connectivity index (χ4v) is 6.22. The van der Waals surface area contributed by atoms with Crippen LogP contribution in [0.1, 0.15) is 56.9 Å². The molecule has 190 valence electrons. The Bertz CT molecular complexity index is 1170. The first-order valence-electron chi connectivity index (χ1n) is 12.9. The molecule has 10 heteroatoms. The molecular weight excluding hydrogens is 474 g/mol. The van der Waals surface area contributed by atoms with Crippen molar-refractivity contribution in [1.29, 1.82) is 0 Å². The maximum absolute atomic E-state index is 6.14. The second-order valence-electron chi connectivity index (χ2n) is 10.6. The SMILES string of the molecule is C[C@@H]1C[C@H](c2cnc(Nc3ncc(-c4ccnc(OC5CCC6(CC5)COC6)n4)s3)nc2)CCN1C. The molecule has 5 heterocycles. The summed E-state index contributed by atoms with van der Waals surface area (Å²) in [6, 6.07) is 2.91. The number of piperidine rings is 1. The van der Waals surface area contributed by atoms with Crippen LogP contribution in [0.3, 0.4) is 0 Å². The van der Waals surface area contributed by atoms with E-state index < -0.39 is 0 Å². The fraction of sp³-hybridized carbons (Fsp3) is 0.577. The molecule has 2 atom stereocenters. The van der Waals surface area contributed by atoms with Crippen molar-refractivity contribution in [3.8, 4) is 16.6 Å². The van der Waals surface area contributed by atoms with Gasteiger partial charge < -0.3 is 19.7 Å². The van der Waals surface area contributed by atoms with E-state index >= 15 is 0 Å². The summed E-state index contributed by atoms with van der Waals surface area (Å²) in [7, 11) is 2.19. The van der Waals surface area contributed by atoms with Crippen LogP contribution in [0.25, 0.3) is 10.6 Å². The first-order valence-corrected chi connectivity index (χ1v) is 13.7. The smallest absolute Gasteiger partial charge is 0.317 e. The molecule has 0 radical (unpaired) electrons. The van der Waals surface area contributed by atoms with Crippen molar-refractivity contribution in [3.63, 3.8) is 0 Å². The van der Waals surface area contributed by atoms with E-state index in [0.717, 1.165) is 74.0 Å².